The van der Waals surface area contributed by atoms with Gasteiger partial charge >= 0.3 is 0 Å². The number of hydrogen-bond acceptors (Lipinski definition) is 8. The second kappa shape index (κ2) is 5.34. The van der Waals surface area contributed by atoms with Crippen molar-refractivity contribution in [2.45, 2.75) is 0 Å². The van der Waals surface area contributed by atoms with E-state index in [1.165, 1.54) is 30.3 Å². The summed E-state index contributed by atoms with van der Waals surface area (Å²) in [6, 6.07) is 9.74. The van der Waals surface area contributed by atoms with Crippen LogP contribution < -0.4 is 0 Å². The molecule has 0 fully saturated rings. The summed E-state index contributed by atoms with van der Waals surface area (Å²) in [6.45, 7) is 0. The zero-order valence-corrected chi connectivity index (χ0v) is 12.4. The number of benzene rings is 2. The van der Waals surface area contributed by atoms with E-state index in [2.05, 4.69) is 10.2 Å². The van der Waals surface area contributed by atoms with Crippen molar-refractivity contribution in [2.24, 2.45) is 0 Å². The lowest BCUT2D eigenvalue weighted by atomic mass is 10.2. The number of non-ortho nitro benzene ring substituents is 1. The Bertz CT molecular complexity index is 1110. The molecule has 9 heteroatoms. The van der Waals surface area contributed by atoms with Gasteiger partial charge in [0.25, 0.3) is 17.5 Å². The minimum absolute atomic E-state index is 0.00478. The van der Waals surface area contributed by atoms with E-state index >= 15 is 0 Å². The second-order valence-corrected chi connectivity index (χ2v) is 5.20. The summed E-state index contributed by atoms with van der Waals surface area (Å²) >= 11 is 0. The Labute approximate surface area is 138 Å². The highest BCUT2D eigenvalue weighted by Gasteiger charge is 2.18. The van der Waals surface area contributed by atoms with E-state index in [1.54, 1.807) is 12.1 Å². The molecule has 0 spiro atoms. The van der Waals surface area contributed by atoms with Crippen LogP contribution in [0.25, 0.3) is 34.1 Å². The van der Waals surface area contributed by atoms with Crippen molar-refractivity contribution in [3.8, 4) is 34.6 Å². The molecule has 0 aliphatic heterocycles. The van der Waals surface area contributed by atoms with Gasteiger partial charge in [0.2, 0.25) is 0 Å². The lowest BCUT2D eigenvalue weighted by Crippen LogP contribution is -1.85. The van der Waals surface area contributed by atoms with Gasteiger partial charge in [-0.3, -0.25) is 10.1 Å². The first kappa shape index (κ1) is 14.7. The number of aromatic hydroxyl groups is 2. The molecular weight excluding hydrogens is 330 g/mol. The van der Waals surface area contributed by atoms with E-state index in [9.17, 15) is 20.3 Å². The normalized spacial score (nSPS) is 11.0. The van der Waals surface area contributed by atoms with Gasteiger partial charge in [-0.25, -0.2) is 0 Å². The molecule has 0 aliphatic carbocycles. The zero-order chi connectivity index (χ0) is 17.6. The maximum Gasteiger partial charge on any atom is 0.283 e. The Balaban J connectivity index is 1.76. The van der Waals surface area contributed by atoms with Gasteiger partial charge in [0.05, 0.1) is 16.6 Å². The maximum atomic E-state index is 10.8. The van der Waals surface area contributed by atoms with Gasteiger partial charge in [-0.2, -0.15) is 0 Å². The molecule has 124 valence electrons. The largest absolute Gasteiger partial charge is 0.508 e. The molecule has 0 aliphatic rings. The molecule has 2 heterocycles. The van der Waals surface area contributed by atoms with E-state index in [4.69, 9.17) is 8.83 Å². The Kier molecular flexibility index (Phi) is 3.14. The average Bonchev–Trinajstić information content (AvgIpc) is 3.22. The minimum Gasteiger partial charge on any atom is -0.508 e. The molecule has 0 unspecified atom stereocenters. The van der Waals surface area contributed by atoms with Crippen molar-refractivity contribution in [2.75, 3.05) is 0 Å². The molecule has 0 atom stereocenters. The van der Waals surface area contributed by atoms with Gasteiger partial charge in [0, 0.05) is 11.5 Å². The average molecular weight is 339 g/mol. The quantitative estimate of drug-likeness (QED) is 0.329. The zero-order valence-electron chi connectivity index (χ0n) is 12.4. The highest BCUT2D eigenvalue weighted by molar-refractivity contribution is 5.83. The van der Waals surface area contributed by atoms with Crippen LogP contribution in [-0.4, -0.2) is 25.3 Å². The van der Waals surface area contributed by atoms with Gasteiger partial charge in [-0.15, -0.1) is 10.2 Å². The number of aromatic nitrogens is 2. The Hall–Kier alpha value is -3.88. The number of phenols is 2. The topological polar surface area (TPSA) is 136 Å². The van der Waals surface area contributed by atoms with Crippen LogP contribution >= 0.6 is 0 Å². The Morgan fingerprint density at radius 3 is 2.56 bits per heavy atom. The predicted octanol–water partition coefficient (Wildman–Crippen LogP) is 3.47. The molecule has 4 rings (SSSR count). The van der Waals surface area contributed by atoms with Crippen LogP contribution in [0.15, 0.2) is 51.3 Å². The Morgan fingerprint density at radius 1 is 0.960 bits per heavy atom. The summed E-state index contributed by atoms with van der Waals surface area (Å²) < 4.78 is 11.0. The fourth-order valence-electron chi connectivity index (χ4n) is 2.37. The molecule has 2 N–H and O–H groups in total. The number of nitro benzene ring substituents is 1. The first-order valence-electron chi connectivity index (χ1n) is 7.05. The monoisotopic (exact) mass is 339 g/mol. The van der Waals surface area contributed by atoms with Crippen LogP contribution in [0.2, 0.25) is 0 Å². The smallest absolute Gasteiger partial charge is 0.283 e. The molecule has 4 aromatic rings. The van der Waals surface area contributed by atoms with Crippen LogP contribution in [-0.2, 0) is 0 Å². The van der Waals surface area contributed by atoms with Crippen LogP contribution in [0, 0.1) is 10.1 Å². The van der Waals surface area contributed by atoms with Crippen molar-refractivity contribution >= 4 is 16.7 Å². The highest BCUT2D eigenvalue weighted by Crippen LogP contribution is 2.34. The molecule has 25 heavy (non-hydrogen) atoms. The van der Waals surface area contributed by atoms with Gasteiger partial charge in [0.15, 0.2) is 5.76 Å². The number of nitro groups is 1. The molecule has 0 saturated carbocycles. The van der Waals surface area contributed by atoms with Gasteiger partial charge in [-0.1, -0.05) is 0 Å². The van der Waals surface area contributed by atoms with Crippen LogP contribution in [0.5, 0.6) is 11.5 Å². The summed E-state index contributed by atoms with van der Waals surface area (Å²) in [5.74, 6) is 0.0668. The lowest BCUT2D eigenvalue weighted by Gasteiger charge is -1.99. The van der Waals surface area contributed by atoms with Gasteiger partial charge in [0.1, 0.15) is 17.1 Å². The van der Waals surface area contributed by atoms with Crippen molar-refractivity contribution in [1.29, 1.82) is 0 Å². The van der Waals surface area contributed by atoms with Crippen LogP contribution in [0.4, 0.5) is 5.69 Å². The van der Waals surface area contributed by atoms with E-state index in [1.807, 2.05) is 0 Å². The minimum atomic E-state index is -0.517. The number of fused-ring (bicyclic) bond motifs is 1. The van der Waals surface area contributed by atoms with Crippen molar-refractivity contribution in [3.05, 3.63) is 52.6 Å². The maximum absolute atomic E-state index is 10.8. The van der Waals surface area contributed by atoms with E-state index in [0.717, 1.165) is 0 Å². The highest BCUT2D eigenvalue weighted by atomic mass is 16.6. The standard InChI is InChI=1S/C16H9N3O6/c20-10-3-4-12(21)11(7-10)15-17-18-16(25-15)14-5-8-1-2-9(19(22)23)6-13(8)24-14/h1-7,20-21H. The number of furan rings is 1. The molecule has 0 radical (unpaired) electrons. The SMILES string of the molecule is O=[N+]([O-])c1ccc2cc(-c3nnc(-c4cc(O)ccc4O)o3)oc2c1. The van der Waals surface area contributed by atoms with E-state index < -0.39 is 4.92 Å². The fraction of sp³-hybridized carbons (Fsp3) is 0. The third-order valence-corrected chi connectivity index (χ3v) is 3.56. The van der Waals surface area contributed by atoms with Crippen molar-refractivity contribution in [3.63, 3.8) is 0 Å². The van der Waals surface area contributed by atoms with E-state index in [0.29, 0.717) is 11.0 Å². The first-order valence-corrected chi connectivity index (χ1v) is 7.05. The van der Waals surface area contributed by atoms with Crippen LogP contribution in [0.1, 0.15) is 0 Å². The Morgan fingerprint density at radius 2 is 1.76 bits per heavy atom. The van der Waals surface area contributed by atoms with Gasteiger partial charge < -0.3 is 19.0 Å². The summed E-state index contributed by atoms with van der Waals surface area (Å²) in [5, 5.41) is 38.5. The summed E-state index contributed by atoms with van der Waals surface area (Å²) in [7, 11) is 0. The summed E-state index contributed by atoms with van der Waals surface area (Å²) in [6.07, 6.45) is 0. The third-order valence-electron chi connectivity index (χ3n) is 3.56. The summed E-state index contributed by atoms with van der Waals surface area (Å²) in [5.41, 5.74) is 0.388. The number of nitrogens with zero attached hydrogens (tertiary/aromatic N) is 3. The van der Waals surface area contributed by atoms with Crippen molar-refractivity contribution in [1.82, 2.24) is 10.2 Å². The van der Waals surface area contributed by atoms with Gasteiger partial charge in [-0.05, 0) is 30.3 Å². The molecule has 2 aromatic carbocycles. The lowest BCUT2D eigenvalue weighted by molar-refractivity contribution is -0.384. The predicted molar refractivity (Wildman–Crippen MR) is 84.9 cm³/mol. The molecule has 0 amide bonds. The molecule has 9 nitrogen and oxygen atoms in total. The van der Waals surface area contributed by atoms with Crippen molar-refractivity contribution < 1.29 is 24.0 Å². The summed E-state index contributed by atoms with van der Waals surface area (Å²) in [4.78, 5) is 10.3. The number of hydrogen-bond donors (Lipinski definition) is 2. The molecule has 0 saturated heterocycles. The molecular formula is C16H9N3O6. The third kappa shape index (κ3) is 2.53. The molecule has 0 bridgehead atoms. The second-order valence-electron chi connectivity index (χ2n) is 5.20. The van der Waals surface area contributed by atoms with E-state index in [-0.39, 0.29) is 40.3 Å². The number of phenolic OH excluding ortho intramolecular Hbond substituents is 2. The molecule has 2 aromatic heterocycles. The number of rotatable bonds is 3. The first-order chi connectivity index (χ1) is 12.0. The fourth-order valence-corrected chi connectivity index (χ4v) is 2.37. The van der Waals surface area contributed by atoms with Crippen LogP contribution in [0.3, 0.4) is 0 Å².